The fraction of sp³-hybridized carbons (Fsp3) is 0.474. The van der Waals surface area contributed by atoms with E-state index in [4.69, 9.17) is 4.52 Å². The van der Waals surface area contributed by atoms with Gasteiger partial charge in [-0.2, -0.15) is 4.31 Å². The quantitative estimate of drug-likeness (QED) is 0.814. The number of aromatic nitrogens is 1. The van der Waals surface area contributed by atoms with Crippen LogP contribution in [0, 0.1) is 27.7 Å². The Kier molecular flexibility index (Phi) is 5.87. The topological polar surface area (TPSA) is 95.8 Å². The summed E-state index contributed by atoms with van der Waals surface area (Å²) in [6.07, 6.45) is 0. The number of nitrogens with zero attached hydrogens (tertiary/aromatic N) is 3. The number of carbonyl (C=O) groups excluding carboxylic acids is 1. The summed E-state index contributed by atoms with van der Waals surface area (Å²) in [7, 11) is -3.64. The number of piperazine rings is 1. The lowest BCUT2D eigenvalue weighted by atomic mass is 10.1. The highest BCUT2D eigenvalue weighted by Gasteiger charge is 2.33. The molecule has 8 nitrogen and oxygen atoms in total. The molecule has 1 N–H and O–H groups in total. The van der Waals surface area contributed by atoms with Crippen molar-refractivity contribution in [2.45, 2.75) is 32.6 Å². The largest absolute Gasteiger partial charge is 0.360 e. The number of aryl methyl sites for hydroxylation is 4. The molecule has 1 amide bonds. The van der Waals surface area contributed by atoms with Gasteiger partial charge in [0.05, 0.1) is 6.54 Å². The van der Waals surface area contributed by atoms with Crippen molar-refractivity contribution in [3.63, 3.8) is 0 Å². The molecular formula is C19H26N4O4S. The number of carbonyl (C=O) groups is 1. The smallest absolute Gasteiger partial charge is 0.248 e. The summed E-state index contributed by atoms with van der Waals surface area (Å²) in [6.45, 7) is 9.00. The Morgan fingerprint density at radius 1 is 1.14 bits per heavy atom. The summed E-state index contributed by atoms with van der Waals surface area (Å²) < 4.78 is 32.1. The highest BCUT2D eigenvalue weighted by Crippen LogP contribution is 2.24. The Labute approximate surface area is 165 Å². The van der Waals surface area contributed by atoms with Gasteiger partial charge in [0.1, 0.15) is 10.6 Å². The Hall–Kier alpha value is -2.23. The fourth-order valence-electron chi connectivity index (χ4n) is 3.36. The third-order valence-electron chi connectivity index (χ3n) is 4.93. The van der Waals surface area contributed by atoms with Crippen molar-refractivity contribution in [3.8, 4) is 0 Å². The molecule has 1 aromatic carbocycles. The van der Waals surface area contributed by atoms with Crippen LogP contribution in [-0.4, -0.2) is 61.4 Å². The molecule has 0 unspecified atom stereocenters. The van der Waals surface area contributed by atoms with Crippen LogP contribution in [-0.2, 0) is 14.8 Å². The molecule has 1 aromatic heterocycles. The van der Waals surface area contributed by atoms with Crippen LogP contribution in [0.4, 0.5) is 5.69 Å². The number of amides is 1. The van der Waals surface area contributed by atoms with Crippen LogP contribution in [0.2, 0.25) is 0 Å². The SMILES string of the molecule is Cc1ccc(C)c(NC(=O)CN2CCN(S(=O)(=O)c3c(C)noc3C)CC2)c1. The van der Waals surface area contributed by atoms with Crippen LogP contribution in [0.1, 0.15) is 22.6 Å². The monoisotopic (exact) mass is 406 g/mol. The minimum Gasteiger partial charge on any atom is -0.360 e. The third kappa shape index (κ3) is 4.26. The van der Waals surface area contributed by atoms with E-state index in [0.717, 1.165) is 16.8 Å². The second kappa shape index (κ2) is 8.02. The summed E-state index contributed by atoms with van der Waals surface area (Å²) in [6, 6.07) is 5.92. The van der Waals surface area contributed by atoms with Crippen molar-refractivity contribution in [2.24, 2.45) is 0 Å². The van der Waals surface area contributed by atoms with Crippen LogP contribution < -0.4 is 5.32 Å². The van der Waals surface area contributed by atoms with Crippen LogP contribution in [0.25, 0.3) is 0 Å². The van der Waals surface area contributed by atoms with E-state index in [1.54, 1.807) is 13.8 Å². The first-order valence-electron chi connectivity index (χ1n) is 9.21. The predicted octanol–water partition coefficient (Wildman–Crippen LogP) is 1.85. The average Bonchev–Trinajstić information content (AvgIpc) is 2.97. The summed E-state index contributed by atoms with van der Waals surface area (Å²) in [5.74, 6) is 0.198. The minimum absolute atomic E-state index is 0.101. The minimum atomic E-state index is -3.64. The number of benzene rings is 1. The Balaban J connectivity index is 1.58. The molecule has 0 aliphatic carbocycles. The number of sulfonamides is 1. The van der Waals surface area contributed by atoms with Gasteiger partial charge in [-0.25, -0.2) is 8.42 Å². The first-order chi connectivity index (χ1) is 13.2. The second-order valence-corrected chi connectivity index (χ2v) is 9.07. The van der Waals surface area contributed by atoms with E-state index >= 15 is 0 Å². The molecular weight excluding hydrogens is 380 g/mol. The van der Waals surface area contributed by atoms with Crippen molar-refractivity contribution in [3.05, 3.63) is 40.8 Å². The molecule has 152 valence electrons. The molecule has 9 heteroatoms. The number of nitrogens with one attached hydrogen (secondary N) is 1. The molecule has 0 saturated carbocycles. The Morgan fingerprint density at radius 3 is 2.43 bits per heavy atom. The van der Waals surface area contributed by atoms with Gasteiger partial charge in [-0.05, 0) is 44.9 Å². The molecule has 0 spiro atoms. The summed E-state index contributed by atoms with van der Waals surface area (Å²) >= 11 is 0. The zero-order valence-corrected chi connectivity index (χ0v) is 17.5. The van der Waals surface area contributed by atoms with Gasteiger partial charge < -0.3 is 9.84 Å². The molecule has 0 radical (unpaired) electrons. The lowest BCUT2D eigenvalue weighted by Crippen LogP contribution is -2.50. The summed E-state index contributed by atoms with van der Waals surface area (Å²) in [5, 5.41) is 6.68. The first-order valence-corrected chi connectivity index (χ1v) is 10.6. The Morgan fingerprint density at radius 2 is 1.82 bits per heavy atom. The lowest BCUT2D eigenvalue weighted by molar-refractivity contribution is -0.117. The Bertz CT molecular complexity index is 956. The molecule has 1 aliphatic rings. The van der Waals surface area contributed by atoms with Crippen molar-refractivity contribution in [1.29, 1.82) is 0 Å². The number of hydrogen-bond donors (Lipinski definition) is 1. The standard InChI is InChI=1S/C19H26N4O4S/c1-13-5-6-14(2)17(11-13)20-18(24)12-22-7-9-23(10-8-22)28(25,26)19-15(3)21-27-16(19)4/h5-6,11H,7-10,12H2,1-4H3,(H,20,24). The van der Waals surface area contributed by atoms with E-state index in [1.807, 2.05) is 36.9 Å². The normalized spacial score (nSPS) is 16.3. The number of anilines is 1. The molecule has 2 aromatic rings. The summed E-state index contributed by atoms with van der Waals surface area (Å²) in [5.41, 5.74) is 3.27. The fourth-order valence-corrected chi connectivity index (χ4v) is 5.08. The van der Waals surface area contributed by atoms with E-state index in [0.29, 0.717) is 37.6 Å². The zero-order valence-electron chi connectivity index (χ0n) is 16.7. The van der Waals surface area contributed by atoms with Crippen molar-refractivity contribution < 1.29 is 17.7 Å². The first kappa shape index (κ1) is 20.5. The second-order valence-electron chi connectivity index (χ2n) is 7.20. The maximum atomic E-state index is 12.9. The molecule has 28 heavy (non-hydrogen) atoms. The van der Waals surface area contributed by atoms with Crippen molar-refractivity contribution in [2.75, 3.05) is 38.0 Å². The van der Waals surface area contributed by atoms with Crippen LogP contribution in [0.5, 0.6) is 0 Å². The van der Waals surface area contributed by atoms with Crippen molar-refractivity contribution in [1.82, 2.24) is 14.4 Å². The molecule has 1 saturated heterocycles. The molecule has 0 bridgehead atoms. The van der Waals surface area contributed by atoms with Gasteiger partial charge >= 0.3 is 0 Å². The molecule has 3 rings (SSSR count). The maximum Gasteiger partial charge on any atom is 0.248 e. The van der Waals surface area contributed by atoms with Gasteiger partial charge in [0.15, 0.2) is 5.76 Å². The molecule has 2 heterocycles. The molecule has 0 atom stereocenters. The van der Waals surface area contributed by atoms with Gasteiger partial charge in [-0.1, -0.05) is 17.3 Å². The highest BCUT2D eigenvalue weighted by atomic mass is 32.2. The van der Waals surface area contributed by atoms with E-state index in [1.165, 1.54) is 4.31 Å². The van der Waals surface area contributed by atoms with E-state index in [-0.39, 0.29) is 17.3 Å². The average molecular weight is 407 g/mol. The van der Waals surface area contributed by atoms with Gasteiger partial charge in [0.2, 0.25) is 15.9 Å². The van der Waals surface area contributed by atoms with E-state index in [2.05, 4.69) is 10.5 Å². The van der Waals surface area contributed by atoms with E-state index in [9.17, 15) is 13.2 Å². The number of rotatable bonds is 5. The zero-order chi connectivity index (χ0) is 20.5. The lowest BCUT2D eigenvalue weighted by Gasteiger charge is -2.33. The van der Waals surface area contributed by atoms with E-state index < -0.39 is 10.0 Å². The number of hydrogen-bond acceptors (Lipinski definition) is 6. The van der Waals surface area contributed by atoms with Gasteiger partial charge in [-0.3, -0.25) is 9.69 Å². The van der Waals surface area contributed by atoms with Crippen LogP contribution in [0.15, 0.2) is 27.6 Å². The predicted molar refractivity (Wildman–Crippen MR) is 106 cm³/mol. The van der Waals surface area contributed by atoms with Gasteiger partial charge in [-0.15, -0.1) is 0 Å². The van der Waals surface area contributed by atoms with Crippen LogP contribution in [0.3, 0.4) is 0 Å². The molecule has 1 aliphatic heterocycles. The highest BCUT2D eigenvalue weighted by molar-refractivity contribution is 7.89. The van der Waals surface area contributed by atoms with Crippen molar-refractivity contribution >= 4 is 21.6 Å². The summed E-state index contributed by atoms with van der Waals surface area (Å²) in [4.78, 5) is 14.5. The van der Waals surface area contributed by atoms with Gasteiger partial charge in [0, 0.05) is 31.9 Å². The van der Waals surface area contributed by atoms with Gasteiger partial charge in [0.25, 0.3) is 0 Å². The van der Waals surface area contributed by atoms with Crippen LogP contribution >= 0.6 is 0 Å². The molecule has 1 fully saturated rings. The maximum absolute atomic E-state index is 12.9. The third-order valence-corrected chi connectivity index (χ3v) is 7.08.